The molecule has 1 aliphatic carbocycles. The highest BCUT2D eigenvalue weighted by atomic mass is 28.3. The van der Waals surface area contributed by atoms with Crippen molar-refractivity contribution >= 4 is 168 Å². The Labute approximate surface area is 677 Å². The van der Waals surface area contributed by atoms with E-state index < -0.39 is 40.4 Å². The summed E-state index contributed by atoms with van der Waals surface area (Å²) in [6.07, 6.45) is 3.97. The summed E-state index contributed by atoms with van der Waals surface area (Å²) in [5, 5.41) is 35.7. The molecular weight excluding hydrogens is 1440 g/mol. The molecule has 0 saturated carbocycles. The van der Waals surface area contributed by atoms with E-state index in [-0.39, 0.29) is 0 Å². The van der Waals surface area contributed by atoms with Crippen molar-refractivity contribution in [3.8, 4) is 44.5 Å². The number of rotatable bonds is 0. The zero-order valence-electron chi connectivity index (χ0n) is 69.3. The Morgan fingerprint density at radius 3 is 1.17 bits per heavy atom. The third-order valence-corrected chi connectivity index (χ3v) is 43.7. The lowest BCUT2D eigenvalue weighted by molar-refractivity contribution is 0.618. The Morgan fingerprint density at radius 1 is 0.230 bits per heavy atom. The summed E-state index contributed by atoms with van der Waals surface area (Å²) >= 11 is 0. The van der Waals surface area contributed by atoms with Gasteiger partial charge in [0.15, 0.2) is 0 Å². The van der Waals surface area contributed by atoms with Gasteiger partial charge >= 0.3 is 0 Å². The van der Waals surface area contributed by atoms with Crippen molar-refractivity contribution in [3.05, 3.63) is 338 Å². The molecule has 0 radical (unpaired) electrons. The van der Waals surface area contributed by atoms with Crippen LogP contribution in [0, 0.1) is 0 Å². The molecule has 0 spiro atoms. The van der Waals surface area contributed by atoms with E-state index in [1.165, 1.54) is 139 Å². The average molecular weight is 1550 g/mol. The van der Waals surface area contributed by atoms with Gasteiger partial charge < -0.3 is 0 Å². The molecule has 1 unspecified atom stereocenters. The molecule has 0 saturated heterocycles. The summed E-state index contributed by atoms with van der Waals surface area (Å²) in [5.41, 5.74) is 16.4. The predicted molar refractivity (Wildman–Crippen MR) is 516 cm³/mol. The SMILES string of the molecule is CC.CC.CC.C[Si]1(C)c2c(ccc3ccccc23)-c2cccc3cccc1c23.C[Si]1(C)c2cc3ccccc3cc2-c2cccc3cccc1c23.C[Si]1(C)c2ccc3ccccc3c2-c2cccc3cccc1c23.C[Si]1(C)c2ccccc2-c2cccc3cccc1c23.C[Si]1(C)c2ccccc2C2CCCc3cccc1c32. The van der Waals surface area contributed by atoms with Crippen molar-refractivity contribution in [3.63, 3.8) is 0 Å². The van der Waals surface area contributed by atoms with Gasteiger partial charge in [-0.05, 0) is 203 Å². The molecule has 1 atom stereocenters. The van der Waals surface area contributed by atoms with Crippen LogP contribution in [0.3, 0.4) is 0 Å². The lowest BCUT2D eigenvalue weighted by atomic mass is 9.78. The fraction of sp³-hybridized carbons (Fsp3) is 0.185. The van der Waals surface area contributed by atoms with Gasteiger partial charge in [-0.15, -0.1) is 0 Å². The van der Waals surface area contributed by atoms with E-state index >= 15 is 0 Å². The molecule has 0 nitrogen and oxygen atoms in total. The second-order valence-electron chi connectivity index (χ2n) is 33.6. The van der Waals surface area contributed by atoms with Crippen molar-refractivity contribution in [2.24, 2.45) is 0 Å². The van der Waals surface area contributed by atoms with Gasteiger partial charge in [0.1, 0.15) is 40.4 Å². The fourth-order valence-corrected chi connectivity index (χ4v) is 36.7. The molecule has 0 N–H and O–H groups in total. The smallest absolute Gasteiger partial charge is 0.0683 e. The van der Waals surface area contributed by atoms with Crippen LogP contribution in [0.5, 0.6) is 0 Å². The molecule has 5 aliphatic heterocycles. The minimum atomic E-state index is -1.73. The van der Waals surface area contributed by atoms with Crippen LogP contribution in [0.15, 0.2) is 322 Å². The van der Waals surface area contributed by atoms with Crippen LogP contribution in [0.4, 0.5) is 0 Å². The van der Waals surface area contributed by atoms with Crippen molar-refractivity contribution in [2.45, 2.75) is 132 Å². The first kappa shape index (κ1) is 76.6. The number of hydrogen-bond donors (Lipinski definition) is 0. The third-order valence-electron chi connectivity index (χ3n) is 25.9. The minimum absolute atomic E-state index is 0.677. The van der Waals surface area contributed by atoms with Crippen LogP contribution < -0.4 is 51.9 Å². The van der Waals surface area contributed by atoms with Crippen LogP contribution in [-0.4, -0.2) is 40.4 Å². The second-order valence-corrected chi connectivity index (χ2v) is 55.2. The van der Waals surface area contributed by atoms with E-state index in [0.717, 1.165) is 0 Å². The van der Waals surface area contributed by atoms with Crippen LogP contribution in [0.2, 0.25) is 65.5 Å². The number of fused-ring (bicyclic) bond motifs is 15. The van der Waals surface area contributed by atoms with E-state index in [9.17, 15) is 0 Å². The van der Waals surface area contributed by atoms with Crippen LogP contribution in [0.25, 0.3) is 120 Å². The minimum Gasteiger partial charge on any atom is -0.0683 e. The Kier molecular flexibility index (Phi) is 20.7. The molecule has 0 amide bonds. The molecule has 0 bridgehead atoms. The first-order valence-corrected chi connectivity index (χ1v) is 56.9. The second kappa shape index (κ2) is 30.5. The van der Waals surface area contributed by atoms with Gasteiger partial charge in [-0.25, -0.2) is 0 Å². The zero-order valence-corrected chi connectivity index (χ0v) is 74.3. The number of benzene rings is 17. The van der Waals surface area contributed by atoms with Crippen molar-refractivity contribution < 1.29 is 0 Å². The van der Waals surface area contributed by atoms with Gasteiger partial charge in [0.2, 0.25) is 0 Å². The van der Waals surface area contributed by atoms with Crippen molar-refractivity contribution in [1.29, 1.82) is 0 Å². The summed E-state index contributed by atoms with van der Waals surface area (Å²) in [6, 6.07) is 120. The quantitative estimate of drug-likeness (QED) is 0.133. The van der Waals surface area contributed by atoms with Gasteiger partial charge in [0, 0.05) is 5.92 Å². The zero-order chi connectivity index (χ0) is 78.9. The maximum Gasteiger partial charge on any atom is 0.114 e. The summed E-state index contributed by atoms with van der Waals surface area (Å²) in [7, 11) is -8.13. The molecule has 23 rings (SSSR count). The van der Waals surface area contributed by atoms with E-state index in [4.69, 9.17) is 0 Å². The van der Waals surface area contributed by atoms with Gasteiger partial charge in [-0.1, -0.05) is 433 Å². The summed E-state index contributed by atoms with van der Waals surface area (Å²) in [6.45, 7) is 36.9. The first-order chi connectivity index (χ1) is 54.9. The standard InChI is InChI=1S/3C22H18Si.C18H20Si.C18H16Si.3C2H6/c1-23(2)20-12-6-9-16-8-5-11-18(21(16)20)19-14-13-15-7-3-4-10-17(15)22(19)23;1-23(2)19-12-6-9-16-8-5-11-18(21(16)19)22-17-10-4-3-7-15(17)13-14-20(22)23;1-23(2)20-12-6-10-15-9-5-11-18(22(15)20)19-13-16-7-3-4-8-17(16)14-21(19)23;2*1-19(2)16-11-4-3-9-14(16)15-10-5-7-13-8-6-12-17(19)18(13)15;3*1-2/h3*3-14H,1-2H3;3-4,6,8-9,11-12,15H,5,7,10H2,1-2H3;3-12H,1-2H3;3*1-2H3. The predicted octanol–water partition coefficient (Wildman–Crippen LogP) is 24.4. The van der Waals surface area contributed by atoms with Crippen LogP contribution >= 0.6 is 0 Å². The highest BCUT2D eigenvalue weighted by Crippen LogP contribution is 2.43. The number of aryl methyl sites for hydroxylation is 1. The number of hydrogen-bond acceptors (Lipinski definition) is 0. The molecule has 113 heavy (non-hydrogen) atoms. The Balaban J connectivity index is 0.000000105. The van der Waals surface area contributed by atoms with Crippen LogP contribution in [-0.2, 0) is 6.42 Å². The lowest BCUT2D eigenvalue weighted by Gasteiger charge is -2.41. The molecule has 17 aromatic rings. The monoisotopic (exact) mass is 1540 g/mol. The first-order valence-electron chi connectivity index (χ1n) is 41.9. The van der Waals surface area contributed by atoms with E-state index in [1.54, 1.807) is 68.6 Å². The van der Waals surface area contributed by atoms with Gasteiger partial charge in [-0.2, -0.15) is 0 Å². The molecule has 5 heteroatoms. The largest absolute Gasteiger partial charge is 0.114 e. The fourth-order valence-electron chi connectivity index (χ4n) is 20.6. The van der Waals surface area contributed by atoms with Gasteiger partial charge in [-0.3, -0.25) is 0 Å². The van der Waals surface area contributed by atoms with Crippen LogP contribution in [0.1, 0.15) is 77.0 Å². The third kappa shape index (κ3) is 12.6. The highest BCUT2D eigenvalue weighted by molar-refractivity contribution is 7.06. The molecule has 0 aromatic heterocycles. The van der Waals surface area contributed by atoms with E-state index in [0.29, 0.717) is 5.92 Å². The Morgan fingerprint density at radius 2 is 0.593 bits per heavy atom. The Bertz CT molecular complexity index is 6460. The van der Waals surface area contributed by atoms with Gasteiger partial charge in [0.05, 0.1) is 0 Å². The van der Waals surface area contributed by atoms with E-state index in [2.05, 4.69) is 387 Å². The lowest BCUT2D eigenvalue weighted by Crippen LogP contribution is -2.59. The van der Waals surface area contributed by atoms with Crippen molar-refractivity contribution in [2.75, 3.05) is 0 Å². The topological polar surface area (TPSA) is 0 Å². The average Bonchev–Trinajstić information content (AvgIpc) is 0.661. The summed E-state index contributed by atoms with van der Waals surface area (Å²) in [4.78, 5) is 0. The molecular formula is C108H108Si5. The summed E-state index contributed by atoms with van der Waals surface area (Å²) < 4.78 is 0. The normalized spacial score (nSPS) is 15.6. The molecule has 560 valence electrons. The summed E-state index contributed by atoms with van der Waals surface area (Å²) in [5.74, 6) is 0.677. The highest BCUT2D eigenvalue weighted by Gasteiger charge is 2.43. The van der Waals surface area contributed by atoms with Gasteiger partial charge in [0.25, 0.3) is 0 Å². The maximum atomic E-state index is 2.52. The molecule has 5 heterocycles. The Hall–Kier alpha value is -10.4. The molecule has 6 aliphatic rings. The van der Waals surface area contributed by atoms with Crippen molar-refractivity contribution in [1.82, 2.24) is 0 Å². The van der Waals surface area contributed by atoms with E-state index in [1.807, 2.05) is 41.5 Å². The molecule has 17 aromatic carbocycles. The molecule has 0 fully saturated rings. The maximum absolute atomic E-state index is 2.52.